The van der Waals surface area contributed by atoms with Crippen molar-refractivity contribution in [2.24, 2.45) is 0 Å². The largest absolute Gasteiger partial charge is 0.479 e. The minimum Gasteiger partial charge on any atom is -0.479 e. The summed E-state index contributed by atoms with van der Waals surface area (Å²) in [6, 6.07) is 9.00. The maximum atomic E-state index is 11.5. The average molecular weight is 213 g/mol. The SMILES string of the molecule is CC1(C)OC(c2ccc(C#N)cc2)=CC1=O. The number of hydrogen-bond acceptors (Lipinski definition) is 3. The first kappa shape index (κ1) is 10.4. The zero-order chi connectivity index (χ0) is 11.8. The molecule has 3 heteroatoms. The first-order valence-electron chi connectivity index (χ1n) is 4.98. The second kappa shape index (κ2) is 3.49. The zero-order valence-electron chi connectivity index (χ0n) is 9.15. The van der Waals surface area contributed by atoms with Crippen LogP contribution in [0.25, 0.3) is 5.76 Å². The van der Waals surface area contributed by atoms with E-state index in [4.69, 9.17) is 10.00 Å². The summed E-state index contributed by atoms with van der Waals surface area (Å²) in [6.07, 6.45) is 1.50. The van der Waals surface area contributed by atoms with Gasteiger partial charge in [-0.3, -0.25) is 4.79 Å². The van der Waals surface area contributed by atoms with Crippen molar-refractivity contribution < 1.29 is 9.53 Å². The molecule has 0 saturated heterocycles. The Morgan fingerprint density at radius 2 is 1.88 bits per heavy atom. The van der Waals surface area contributed by atoms with Crippen LogP contribution in [-0.2, 0) is 9.53 Å². The van der Waals surface area contributed by atoms with Crippen LogP contribution in [0.1, 0.15) is 25.0 Å². The van der Waals surface area contributed by atoms with Gasteiger partial charge in [-0.2, -0.15) is 5.26 Å². The number of rotatable bonds is 1. The Hall–Kier alpha value is -2.08. The van der Waals surface area contributed by atoms with Crippen molar-refractivity contribution in [1.82, 2.24) is 0 Å². The fraction of sp³-hybridized carbons (Fsp3) is 0.231. The van der Waals surface area contributed by atoms with E-state index >= 15 is 0 Å². The second-order valence-corrected chi connectivity index (χ2v) is 4.17. The number of benzene rings is 1. The Bertz CT molecular complexity index is 504. The molecule has 0 N–H and O–H groups in total. The van der Waals surface area contributed by atoms with Gasteiger partial charge in [0, 0.05) is 11.6 Å². The van der Waals surface area contributed by atoms with Crippen molar-refractivity contribution in [1.29, 1.82) is 5.26 Å². The van der Waals surface area contributed by atoms with Gasteiger partial charge >= 0.3 is 0 Å². The van der Waals surface area contributed by atoms with E-state index in [2.05, 4.69) is 0 Å². The normalized spacial score (nSPS) is 17.6. The van der Waals surface area contributed by atoms with E-state index in [0.29, 0.717) is 11.3 Å². The van der Waals surface area contributed by atoms with E-state index in [9.17, 15) is 4.79 Å². The van der Waals surface area contributed by atoms with Gasteiger partial charge in [-0.1, -0.05) is 0 Å². The lowest BCUT2D eigenvalue weighted by Gasteiger charge is -2.17. The summed E-state index contributed by atoms with van der Waals surface area (Å²) >= 11 is 0. The first-order valence-corrected chi connectivity index (χ1v) is 4.98. The van der Waals surface area contributed by atoms with Crippen LogP contribution in [0.15, 0.2) is 30.3 Å². The molecule has 0 saturated carbocycles. The van der Waals surface area contributed by atoms with E-state index < -0.39 is 5.60 Å². The number of carbonyl (C=O) groups is 1. The van der Waals surface area contributed by atoms with Crippen LogP contribution >= 0.6 is 0 Å². The number of ether oxygens (including phenoxy) is 1. The highest BCUT2D eigenvalue weighted by molar-refractivity contribution is 6.04. The van der Waals surface area contributed by atoms with E-state index in [0.717, 1.165) is 5.56 Å². The molecular weight excluding hydrogens is 202 g/mol. The molecule has 0 fully saturated rings. The molecule has 1 aromatic rings. The molecule has 0 aromatic heterocycles. The summed E-state index contributed by atoms with van der Waals surface area (Å²) in [6.45, 7) is 3.48. The van der Waals surface area contributed by atoms with Crippen LogP contribution in [-0.4, -0.2) is 11.4 Å². The topological polar surface area (TPSA) is 50.1 Å². The molecule has 1 aromatic carbocycles. The maximum absolute atomic E-state index is 11.5. The number of ketones is 1. The van der Waals surface area contributed by atoms with Crippen molar-refractivity contribution in [2.75, 3.05) is 0 Å². The van der Waals surface area contributed by atoms with Crippen LogP contribution < -0.4 is 0 Å². The number of nitriles is 1. The standard InChI is InChI=1S/C13H11NO2/c1-13(2)12(15)7-11(16-13)10-5-3-9(8-14)4-6-10/h3-7H,1-2H3. The van der Waals surface area contributed by atoms with Crippen LogP contribution in [0.2, 0.25) is 0 Å². The van der Waals surface area contributed by atoms with Crippen molar-refractivity contribution in [2.45, 2.75) is 19.4 Å². The number of nitrogens with zero attached hydrogens (tertiary/aromatic N) is 1. The van der Waals surface area contributed by atoms with E-state index in [1.165, 1.54) is 6.08 Å². The fourth-order valence-corrected chi connectivity index (χ4v) is 1.50. The quantitative estimate of drug-likeness (QED) is 0.719. The van der Waals surface area contributed by atoms with Gasteiger partial charge in [-0.15, -0.1) is 0 Å². The Labute approximate surface area is 94.0 Å². The Morgan fingerprint density at radius 3 is 2.31 bits per heavy atom. The lowest BCUT2D eigenvalue weighted by Crippen LogP contribution is -2.27. The molecule has 0 atom stereocenters. The molecule has 2 rings (SSSR count). The van der Waals surface area contributed by atoms with Crippen LogP contribution in [0.3, 0.4) is 0 Å². The Kier molecular flexibility index (Phi) is 2.28. The average Bonchev–Trinajstić information content (AvgIpc) is 2.54. The fourth-order valence-electron chi connectivity index (χ4n) is 1.50. The van der Waals surface area contributed by atoms with Crippen LogP contribution in [0.5, 0.6) is 0 Å². The van der Waals surface area contributed by atoms with Crippen molar-refractivity contribution >= 4 is 11.5 Å². The predicted molar refractivity (Wildman–Crippen MR) is 59.3 cm³/mol. The predicted octanol–water partition coefficient (Wildman–Crippen LogP) is 2.28. The van der Waals surface area contributed by atoms with Gasteiger partial charge in [-0.05, 0) is 38.1 Å². The summed E-state index contributed by atoms with van der Waals surface area (Å²) in [5.74, 6) is 0.534. The molecule has 1 aliphatic rings. The lowest BCUT2D eigenvalue weighted by molar-refractivity contribution is -0.125. The van der Waals surface area contributed by atoms with E-state index in [1.807, 2.05) is 6.07 Å². The van der Waals surface area contributed by atoms with Gasteiger partial charge in [0.2, 0.25) is 5.78 Å². The zero-order valence-corrected chi connectivity index (χ0v) is 9.15. The lowest BCUT2D eigenvalue weighted by atomic mass is 10.1. The van der Waals surface area contributed by atoms with Gasteiger partial charge in [0.1, 0.15) is 5.76 Å². The highest BCUT2D eigenvalue weighted by Crippen LogP contribution is 2.30. The van der Waals surface area contributed by atoms with E-state index in [-0.39, 0.29) is 5.78 Å². The molecule has 1 aliphatic heterocycles. The van der Waals surface area contributed by atoms with Gasteiger partial charge < -0.3 is 4.74 Å². The smallest absolute Gasteiger partial charge is 0.202 e. The first-order chi connectivity index (χ1) is 7.53. The third-order valence-electron chi connectivity index (χ3n) is 2.52. The van der Waals surface area contributed by atoms with Crippen LogP contribution in [0, 0.1) is 11.3 Å². The summed E-state index contributed by atoms with van der Waals surface area (Å²) in [4.78, 5) is 11.5. The second-order valence-electron chi connectivity index (χ2n) is 4.17. The highest BCUT2D eigenvalue weighted by Gasteiger charge is 2.35. The minimum atomic E-state index is -0.775. The Balaban J connectivity index is 2.31. The molecule has 1 heterocycles. The van der Waals surface area contributed by atoms with Gasteiger partial charge in [-0.25, -0.2) is 0 Å². The number of carbonyl (C=O) groups excluding carboxylic acids is 1. The van der Waals surface area contributed by atoms with Gasteiger partial charge in [0.05, 0.1) is 11.6 Å². The van der Waals surface area contributed by atoms with Crippen molar-refractivity contribution in [3.05, 3.63) is 41.5 Å². The maximum Gasteiger partial charge on any atom is 0.202 e. The summed E-state index contributed by atoms with van der Waals surface area (Å²) in [5, 5.41) is 8.67. The Morgan fingerprint density at radius 1 is 1.25 bits per heavy atom. The van der Waals surface area contributed by atoms with Gasteiger partial charge in [0.25, 0.3) is 0 Å². The monoisotopic (exact) mass is 213 g/mol. The molecular formula is C13H11NO2. The molecule has 3 nitrogen and oxygen atoms in total. The number of hydrogen-bond donors (Lipinski definition) is 0. The minimum absolute atomic E-state index is 0.0353. The molecule has 0 amide bonds. The highest BCUT2D eigenvalue weighted by atomic mass is 16.5. The van der Waals surface area contributed by atoms with E-state index in [1.54, 1.807) is 38.1 Å². The third-order valence-corrected chi connectivity index (χ3v) is 2.52. The van der Waals surface area contributed by atoms with Crippen LogP contribution in [0.4, 0.5) is 0 Å². The molecule has 0 radical (unpaired) electrons. The molecule has 0 unspecified atom stereocenters. The molecule has 0 aliphatic carbocycles. The molecule has 0 spiro atoms. The van der Waals surface area contributed by atoms with Crippen molar-refractivity contribution in [3.8, 4) is 6.07 Å². The molecule has 16 heavy (non-hydrogen) atoms. The molecule has 0 bridgehead atoms. The summed E-state index contributed by atoms with van der Waals surface area (Å²) < 4.78 is 5.55. The summed E-state index contributed by atoms with van der Waals surface area (Å²) in [5.41, 5.74) is 0.634. The van der Waals surface area contributed by atoms with Gasteiger partial charge in [0.15, 0.2) is 5.60 Å². The summed E-state index contributed by atoms with van der Waals surface area (Å²) in [7, 11) is 0. The molecule has 80 valence electrons. The third kappa shape index (κ3) is 1.70. The van der Waals surface area contributed by atoms with Crippen molar-refractivity contribution in [3.63, 3.8) is 0 Å².